The highest BCUT2D eigenvalue weighted by molar-refractivity contribution is 5.93. The maximum atomic E-state index is 11.2. The molecule has 0 spiro atoms. The van der Waals surface area contributed by atoms with E-state index in [-0.39, 0.29) is 11.2 Å². The molecule has 0 rings (SSSR count). The van der Waals surface area contributed by atoms with E-state index < -0.39 is 6.10 Å². The highest BCUT2D eigenvalue weighted by atomic mass is 16.3. The first-order valence-electron chi connectivity index (χ1n) is 3.75. The zero-order valence-corrected chi connectivity index (χ0v) is 7.59. The summed E-state index contributed by atoms with van der Waals surface area (Å²) in [5.74, 6) is 0.0402. The maximum absolute atomic E-state index is 11.2. The lowest BCUT2D eigenvalue weighted by atomic mass is 9.90. The Kier molecular flexibility index (Phi) is 3.46. The number of allylic oxidation sites excluding steroid dienone is 1. The van der Waals surface area contributed by atoms with Crippen LogP contribution in [0.3, 0.4) is 0 Å². The van der Waals surface area contributed by atoms with E-state index in [0.29, 0.717) is 0 Å². The van der Waals surface area contributed by atoms with Crippen molar-refractivity contribution >= 4 is 5.78 Å². The SMILES string of the molecule is C[C@@H](O)/C=C/C(=O)C(C)(C)C. The van der Waals surface area contributed by atoms with Crippen molar-refractivity contribution < 1.29 is 9.90 Å². The second-order valence-corrected chi connectivity index (χ2v) is 3.71. The van der Waals surface area contributed by atoms with Crippen molar-refractivity contribution in [3.63, 3.8) is 0 Å². The Labute approximate surface area is 67.9 Å². The van der Waals surface area contributed by atoms with Crippen molar-refractivity contribution in [3.05, 3.63) is 12.2 Å². The molecule has 64 valence electrons. The number of aliphatic hydroxyl groups excluding tert-OH is 1. The normalized spacial score (nSPS) is 15.4. The molecule has 0 fully saturated rings. The quantitative estimate of drug-likeness (QED) is 0.616. The van der Waals surface area contributed by atoms with E-state index in [9.17, 15) is 4.79 Å². The molecule has 2 nitrogen and oxygen atoms in total. The second kappa shape index (κ2) is 3.67. The van der Waals surface area contributed by atoms with Crippen LogP contribution in [0.25, 0.3) is 0 Å². The van der Waals surface area contributed by atoms with Gasteiger partial charge in [-0.1, -0.05) is 26.8 Å². The molecule has 0 aromatic rings. The third-order valence-electron chi connectivity index (χ3n) is 1.27. The smallest absolute Gasteiger partial charge is 0.160 e. The molecule has 0 unspecified atom stereocenters. The van der Waals surface area contributed by atoms with Crippen molar-refractivity contribution in [2.45, 2.75) is 33.8 Å². The fourth-order valence-corrected chi connectivity index (χ4v) is 0.477. The van der Waals surface area contributed by atoms with Gasteiger partial charge in [0.15, 0.2) is 5.78 Å². The fraction of sp³-hybridized carbons (Fsp3) is 0.667. The number of aliphatic hydroxyl groups is 1. The van der Waals surface area contributed by atoms with Crippen LogP contribution < -0.4 is 0 Å². The molecule has 1 N–H and O–H groups in total. The average Bonchev–Trinajstić information content (AvgIpc) is 1.80. The molecular weight excluding hydrogens is 140 g/mol. The molecule has 2 heteroatoms. The second-order valence-electron chi connectivity index (χ2n) is 3.71. The minimum absolute atomic E-state index is 0.0402. The van der Waals surface area contributed by atoms with Crippen LogP contribution in [0.1, 0.15) is 27.7 Å². The van der Waals surface area contributed by atoms with Crippen LogP contribution in [0.4, 0.5) is 0 Å². The molecule has 0 aromatic carbocycles. The van der Waals surface area contributed by atoms with Crippen LogP contribution in [0.15, 0.2) is 12.2 Å². The van der Waals surface area contributed by atoms with E-state index in [0.717, 1.165) is 0 Å². The summed E-state index contributed by atoms with van der Waals surface area (Å²) >= 11 is 0. The van der Waals surface area contributed by atoms with E-state index in [2.05, 4.69) is 0 Å². The van der Waals surface area contributed by atoms with Crippen LogP contribution in [0.5, 0.6) is 0 Å². The largest absolute Gasteiger partial charge is 0.389 e. The monoisotopic (exact) mass is 156 g/mol. The van der Waals surface area contributed by atoms with Gasteiger partial charge in [-0.25, -0.2) is 0 Å². The molecule has 11 heavy (non-hydrogen) atoms. The van der Waals surface area contributed by atoms with Gasteiger partial charge in [0, 0.05) is 5.41 Å². The summed E-state index contributed by atoms with van der Waals surface area (Å²) in [6.45, 7) is 7.16. The molecule has 0 saturated carbocycles. The minimum Gasteiger partial charge on any atom is -0.389 e. The zero-order valence-electron chi connectivity index (χ0n) is 7.59. The van der Waals surface area contributed by atoms with E-state index >= 15 is 0 Å². The van der Waals surface area contributed by atoms with Gasteiger partial charge in [-0.05, 0) is 13.0 Å². The fourth-order valence-electron chi connectivity index (χ4n) is 0.477. The third-order valence-corrected chi connectivity index (χ3v) is 1.27. The predicted octanol–water partition coefficient (Wildman–Crippen LogP) is 1.54. The molecule has 0 aliphatic rings. The summed E-state index contributed by atoms with van der Waals surface area (Å²) in [5.41, 5.74) is -0.342. The van der Waals surface area contributed by atoms with Gasteiger partial charge in [0.05, 0.1) is 6.10 Å². The van der Waals surface area contributed by atoms with Crippen molar-refractivity contribution in [1.82, 2.24) is 0 Å². The maximum Gasteiger partial charge on any atom is 0.160 e. The van der Waals surface area contributed by atoms with E-state index in [4.69, 9.17) is 5.11 Å². The number of hydrogen-bond donors (Lipinski definition) is 1. The van der Waals surface area contributed by atoms with Gasteiger partial charge < -0.3 is 5.11 Å². The summed E-state index contributed by atoms with van der Waals surface area (Å²) in [7, 11) is 0. The Morgan fingerprint density at radius 3 is 2.18 bits per heavy atom. The Morgan fingerprint density at radius 1 is 1.45 bits per heavy atom. The number of ketones is 1. The van der Waals surface area contributed by atoms with Gasteiger partial charge in [-0.3, -0.25) is 4.79 Å². The molecule has 0 aliphatic heterocycles. The molecule has 0 heterocycles. The van der Waals surface area contributed by atoms with Crippen LogP contribution in [0.2, 0.25) is 0 Å². The number of carbonyl (C=O) groups excluding carboxylic acids is 1. The third kappa shape index (κ3) is 4.73. The Bertz CT molecular complexity index is 161. The van der Waals surface area contributed by atoms with Crippen molar-refractivity contribution in [1.29, 1.82) is 0 Å². The molecule has 0 aliphatic carbocycles. The molecule has 0 bridgehead atoms. The van der Waals surface area contributed by atoms with E-state index in [1.807, 2.05) is 20.8 Å². The van der Waals surface area contributed by atoms with Crippen LogP contribution in [0, 0.1) is 5.41 Å². The molecule has 1 atom stereocenters. The van der Waals surface area contributed by atoms with Gasteiger partial charge in [0.2, 0.25) is 0 Å². The average molecular weight is 156 g/mol. The summed E-state index contributed by atoms with van der Waals surface area (Å²) in [4.78, 5) is 11.2. The number of hydrogen-bond acceptors (Lipinski definition) is 2. The van der Waals surface area contributed by atoms with Crippen LogP contribution >= 0.6 is 0 Å². The topological polar surface area (TPSA) is 37.3 Å². The van der Waals surface area contributed by atoms with Crippen molar-refractivity contribution in [2.75, 3.05) is 0 Å². The standard InChI is InChI=1S/C9H16O2/c1-7(10)5-6-8(11)9(2,3)4/h5-7,10H,1-4H3/b6-5+/t7-/m1/s1. The lowest BCUT2D eigenvalue weighted by Crippen LogP contribution is -2.17. The van der Waals surface area contributed by atoms with Gasteiger partial charge in [0.1, 0.15) is 0 Å². The number of rotatable bonds is 2. The summed E-state index contributed by atoms with van der Waals surface area (Å²) < 4.78 is 0. The van der Waals surface area contributed by atoms with Crippen molar-refractivity contribution in [2.24, 2.45) is 5.41 Å². The van der Waals surface area contributed by atoms with E-state index in [1.165, 1.54) is 12.2 Å². The van der Waals surface area contributed by atoms with Gasteiger partial charge in [-0.2, -0.15) is 0 Å². The van der Waals surface area contributed by atoms with Crippen LogP contribution in [-0.2, 0) is 4.79 Å². The first kappa shape index (κ1) is 10.4. The molecule has 0 saturated heterocycles. The molecule has 0 aromatic heterocycles. The highest BCUT2D eigenvalue weighted by Gasteiger charge is 2.17. The van der Waals surface area contributed by atoms with Gasteiger partial charge in [0.25, 0.3) is 0 Å². The van der Waals surface area contributed by atoms with Gasteiger partial charge in [-0.15, -0.1) is 0 Å². The molecule has 0 radical (unpaired) electrons. The first-order chi connectivity index (χ1) is 4.84. The zero-order chi connectivity index (χ0) is 9.07. The van der Waals surface area contributed by atoms with Crippen LogP contribution in [-0.4, -0.2) is 17.0 Å². The van der Waals surface area contributed by atoms with Crippen molar-refractivity contribution in [3.8, 4) is 0 Å². The Morgan fingerprint density at radius 2 is 1.91 bits per heavy atom. The molecular formula is C9H16O2. The van der Waals surface area contributed by atoms with Gasteiger partial charge >= 0.3 is 0 Å². The number of carbonyl (C=O) groups is 1. The molecule has 0 amide bonds. The first-order valence-corrected chi connectivity index (χ1v) is 3.75. The highest BCUT2D eigenvalue weighted by Crippen LogP contribution is 2.14. The summed E-state index contributed by atoms with van der Waals surface area (Å²) in [5, 5.41) is 8.83. The van der Waals surface area contributed by atoms with E-state index in [1.54, 1.807) is 6.92 Å². The Balaban J connectivity index is 4.09. The minimum atomic E-state index is -0.540. The lowest BCUT2D eigenvalue weighted by Gasteiger charge is -2.12. The lowest BCUT2D eigenvalue weighted by molar-refractivity contribution is -0.121. The summed E-state index contributed by atoms with van der Waals surface area (Å²) in [6, 6.07) is 0. The Hall–Kier alpha value is -0.630. The summed E-state index contributed by atoms with van der Waals surface area (Å²) in [6.07, 6.45) is 2.39. The predicted molar refractivity (Wildman–Crippen MR) is 45.3 cm³/mol.